The van der Waals surface area contributed by atoms with Crippen LogP contribution in [0.5, 0.6) is 11.5 Å². The first-order valence-corrected chi connectivity index (χ1v) is 7.36. The van der Waals surface area contributed by atoms with Gasteiger partial charge < -0.3 is 15.3 Å². The van der Waals surface area contributed by atoms with Gasteiger partial charge in [-0.1, -0.05) is 34.1 Å². The van der Waals surface area contributed by atoms with Crippen molar-refractivity contribution >= 4 is 38.7 Å². The highest BCUT2D eigenvalue weighted by Gasteiger charge is 2.12. The first kappa shape index (κ1) is 15.3. The lowest BCUT2D eigenvalue weighted by Gasteiger charge is -2.13. The molecule has 6 heteroatoms. The van der Waals surface area contributed by atoms with Gasteiger partial charge in [0.1, 0.15) is 6.61 Å². The van der Waals surface area contributed by atoms with Crippen molar-refractivity contribution < 1.29 is 14.3 Å². The zero-order valence-electron chi connectivity index (χ0n) is 11.5. The molecule has 0 radical (unpaired) electrons. The molecule has 5 nitrogen and oxygen atoms in total. The highest BCUT2D eigenvalue weighted by Crippen LogP contribution is 2.36. The van der Waals surface area contributed by atoms with Gasteiger partial charge in [-0.05, 0) is 23.1 Å². The number of benzene rings is 2. The van der Waals surface area contributed by atoms with Gasteiger partial charge in [0.25, 0.3) is 0 Å². The van der Waals surface area contributed by atoms with Gasteiger partial charge in [0.15, 0.2) is 17.3 Å². The molecule has 0 atom stereocenters. The number of ether oxygens (including phenoxy) is 2. The van der Waals surface area contributed by atoms with Gasteiger partial charge in [0, 0.05) is 5.39 Å². The van der Waals surface area contributed by atoms with Gasteiger partial charge >= 0.3 is 0 Å². The number of methoxy groups -OCH3 is 1. The van der Waals surface area contributed by atoms with Gasteiger partial charge in [-0.25, -0.2) is 0 Å². The summed E-state index contributed by atoms with van der Waals surface area (Å²) in [6.45, 7) is -0.0179. The number of Topliss-reactive ketones (excluding diaryl/α,β-unsaturated/α-hetero) is 1. The van der Waals surface area contributed by atoms with E-state index in [0.29, 0.717) is 11.5 Å². The highest BCUT2D eigenvalue weighted by atomic mass is 79.9. The third-order valence-electron chi connectivity index (χ3n) is 2.93. The number of carbonyl (C=O) groups is 1. The second-order valence-electron chi connectivity index (χ2n) is 4.32. The van der Waals surface area contributed by atoms with Crippen LogP contribution in [-0.2, 0) is 4.79 Å². The summed E-state index contributed by atoms with van der Waals surface area (Å²) in [5, 5.41) is 5.59. The average molecular weight is 351 g/mol. The lowest BCUT2D eigenvalue weighted by atomic mass is 10.1. The van der Waals surface area contributed by atoms with E-state index >= 15 is 0 Å². The first-order chi connectivity index (χ1) is 10.2. The Morgan fingerprint density at radius 1 is 1.38 bits per heavy atom. The fraction of sp³-hybridized carbons (Fsp3) is 0.200. The third-order valence-corrected chi connectivity index (χ3v) is 3.56. The van der Waals surface area contributed by atoms with Crippen LogP contribution in [0.25, 0.3) is 10.8 Å². The van der Waals surface area contributed by atoms with Crippen molar-refractivity contribution in [1.82, 2.24) is 0 Å². The number of hydrazone groups is 1. The van der Waals surface area contributed by atoms with E-state index in [2.05, 4.69) is 21.0 Å². The summed E-state index contributed by atoms with van der Waals surface area (Å²) < 4.78 is 11.0. The molecule has 0 amide bonds. The zero-order chi connectivity index (χ0) is 15.2. The van der Waals surface area contributed by atoms with Crippen molar-refractivity contribution in [2.24, 2.45) is 10.9 Å². The van der Waals surface area contributed by atoms with E-state index in [0.717, 1.165) is 16.3 Å². The lowest BCUT2D eigenvalue weighted by molar-refractivity contribution is -0.118. The van der Waals surface area contributed by atoms with E-state index in [9.17, 15) is 4.79 Å². The monoisotopic (exact) mass is 350 g/mol. The maximum Gasteiger partial charge on any atom is 0.180 e. The molecule has 110 valence electrons. The molecule has 0 bridgehead atoms. The maximum atomic E-state index is 11.4. The molecule has 2 aromatic carbocycles. The normalized spacial score (nSPS) is 11.0. The first-order valence-electron chi connectivity index (χ1n) is 6.24. The van der Waals surface area contributed by atoms with Gasteiger partial charge in [-0.15, -0.1) is 0 Å². The number of fused-ring (bicyclic) bond motifs is 1. The van der Waals surface area contributed by atoms with E-state index in [1.165, 1.54) is 0 Å². The molecule has 0 saturated carbocycles. The highest BCUT2D eigenvalue weighted by molar-refractivity contribution is 9.09. The number of halogens is 1. The molecule has 0 fully saturated rings. The summed E-state index contributed by atoms with van der Waals surface area (Å²) in [6, 6.07) is 9.47. The zero-order valence-corrected chi connectivity index (χ0v) is 13.1. The Morgan fingerprint density at radius 2 is 2.14 bits per heavy atom. The molecule has 0 aliphatic carbocycles. The number of alkyl halides is 1. The average Bonchev–Trinajstić information content (AvgIpc) is 2.52. The van der Waals surface area contributed by atoms with Gasteiger partial charge in [-0.2, -0.15) is 5.10 Å². The third kappa shape index (κ3) is 3.52. The van der Waals surface area contributed by atoms with Crippen LogP contribution >= 0.6 is 15.9 Å². The number of hydrogen-bond donors (Lipinski definition) is 1. The van der Waals surface area contributed by atoms with Crippen molar-refractivity contribution in [3.63, 3.8) is 0 Å². The number of hydrogen-bond acceptors (Lipinski definition) is 5. The van der Waals surface area contributed by atoms with Gasteiger partial charge in [0.2, 0.25) is 0 Å². The number of rotatable bonds is 6. The van der Waals surface area contributed by atoms with Crippen LogP contribution in [0.1, 0.15) is 5.56 Å². The van der Waals surface area contributed by atoms with Crippen molar-refractivity contribution in [1.29, 1.82) is 0 Å². The Bertz CT molecular complexity index is 686. The summed E-state index contributed by atoms with van der Waals surface area (Å²) in [7, 11) is 1.56. The Morgan fingerprint density at radius 3 is 2.81 bits per heavy atom. The van der Waals surface area contributed by atoms with Gasteiger partial charge in [-0.3, -0.25) is 4.79 Å². The molecular weight excluding hydrogens is 336 g/mol. The minimum Gasteiger partial charge on any atom is -0.493 e. The minimum absolute atomic E-state index is 0.0179. The van der Waals surface area contributed by atoms with Crippen LogP contribution in [-0.4, -0.2) is 31.0 Å². The van der Waals surface area contributed by atoms with E-state index in [-0.39, 0.29) is 17.7 Å². The Hall–Kier alpha value is -2.08. The largest absolute Gasteiger partial charge is 0.493 e. The molecule has 0 aliphatic heterocycles. The van der Waals surface area contributed by atoms with Crippen LogP contribution < -0.4 is 15.3 Å². The van der Waals surface area contributed by atoms with Crippen molar-refractivity contribution in [3.05, 3.63) is 35.9 Å². The molecule has 21 heavy (non-hydrogen) atoms. The van der Waals surface area contributed by atoms with Crippen molar-refractivity contribution in [3.8, 4) is 11.5 Å². The summed E-state index contributed by atoms with van der Waals surface area (Å²) in [5.41, 5.74) is 0.843. The molecule has 0 spiro atoms. The topological polar surface area (TPSA) is 73.9 Å². The van der Waals surface area contributed by atoms with Crippen LogP contribution in [0, 0.1) is 0 Å². The lowest BCUT2D eigenvalue weighted by Crippen LogP contribution is -2.12. The molecule has 2 aromatic rings. The molecule has 2 N–H and O–H groups in total. The standard InChI is InChI=1S/C15H15BrN2O3/c1-20-14-5-4-11-3-2-10(8-18-17)6-13(11)15(14)21-9-12(19)7-16/h2-6,8H,7,9,17H2,1H3. The number of ketones is 1. The number of carbonyl (C=O) groups excluding carboxylic acids is 1. The summed E-state index contributed by atoms with van der Waals surface area (Å²) in [6.07, 6.45) is 1.55. The number of nitrogens with two attached hydrogens (primary N) is 1. The molecule has 0 unspecified atom stereocenters. The molecule has 0 saturated heterocycles. The molecule has 0 aromatic heterocycles. The molecule has 0 aliphatic rings. The minimum atomic E-state index is -0.0475. The second kappa shape index (κ2) is 7.08. The van der Waals surface area contributed by atoms with E-state index in [1.54, 1.807) is 13.3 Å². The van der Waals surface area contributed by atoms with E-state index in [4.69, 9.17) is 15.3 Å². The maximum absolute atomic E-state index is 11.4. The Kier molecular flexibility index (Phi) is 5.16. The van der Waals surface area contributed by atoms with Crippen molar-refractivity contribution in [2.75, 3.05) is 19.0 Å². The Balaban J connectivity index is 2.50. The van der Waals surface area contributed by atoms with Crippen molar-refractivity contribution in [2.45, 2.75) is 0 Å². The SMILES string of the molecule is COc1ccc2ccc(C=NN)cc2c1OCC(=O)CBr. The molecule has 0 heterocycles. The fourth-order valence-electron chi connectivity index (χ4n) is 1.96. The predicted octanol–water partition coefficient (Wildman–Crippen LogP) is 2.48. The van der Waals surface area contributed by atoms with Crippen LogP contribution in [0.4, 0.5) is 0 Å². The van der Waals surface area contributed by atoms with Gasteiger partial charge in [0.05, 0.1) is 18.7 Å². The predicted molar refractivity (Wildman–Crippen MR) is 86.6 cm³/mol. The molecule has 2 rings (SSSR count). The summed E-state index contributed by atoms with van der Waals surface area (Å²) >= 11 is 3.11. The summed E-state index contributed by atoms with van der Waals surface area (Å²) in [5.74, 6) is 6.25. The quantitative estimate of drug-likeness (QED) is 0.376. The van der Waals surface area contributed by atoms with Crippen LogP contribution in [0.3, 0.4) is 0 Å². The van der Waals surface area contributed by atoms with E-state index < -0.39 is 0 Å². The smallest absolute Gasteiger partial charge is 0.180 e. The van der Waals surface area contributed by atoms with E-state index in [1.807, 2.05) is 30.3 Å². The Labute approximate surface area is 130 Å². The summed E-state index contributed by atoms with van der Waals surface area (Å²) in [4.78, 5) is 11.4. The van der Waals surface area contributed by atoms with Crippen LogP contribution in [0.15, 0.2) is 35.4 Å². The number of nitrogens with zero attached hydrogens (tertiary/aromatic N) is 1. The fourth-order valence-corrected chi connectivity index (χ4v) is 2.12. The second-order valence-corrected chi connectivity index (χ2v) is 4.88. The van der Waals surface area contributed by atoms with Crippen LogP contribution in [0.2, 0.25) is 0 Å². The molecular formula is C15H15BrN2O3.